The number of thioether (sulfide) groups is 1. The van der Waals surface area contributed by atoms with Crippen molar-refractivity contribution in [2.24, 2.45) is 11.3 Å². The molecule has 3 heterocycles. The maximum absolute atomic E-state index is 10.1. The van der Waals surface area contributed by atoms with E-state index < -0.39 is 0 Å². The van der Waals surface area contributed by atoms with E-state index in [-0.39, 0.29) is 5.41 Å². The summed E-state index contributed by atoms with van der Waals surface area (Å²) >= 11 is 3.37. The van der Waals surface area contributed by atoms with Gasteiger partial charge in [0.1, 0.15) is 11.1 Å². The third-order valence-corrected chi connectivity index (χ3v) is 7.69. The minimum Gasteiger partial charge on any atom is -0.265 e. The van der Waals surface area contributed by atoms with Crippen molar-refractivity contribution in [1.82, 2.24) is 9.97 Å². The molecule has 0 saturated carbocycles. The van der Waals surface area contributed by atoms with Crippen molar-refractivity contribution in [3.8, 4) is 16.5 Å². The Balaban J connectivity index is 1.79. The van der Waals surface area contributed by atoms with Gasteiger partial charge in [0.2, 0.25) is 0 Å². The number of hydrogen-bond donors (Lipinski definition) is 0. The van der Waals surface area contributed by atoms with E-state index in [1.54, 1.807) is 23.1 Å². The highest BCUT2D eigenvalue weighted by Crippen LogP contribution is 2.44. The molecule has 1 aliphatic carbocycles. The van der Waals surface area contributed by atoms with Crippen molar-refractivity contribution in [3.05, 3.63) is 64.4 Å². The average Bonchev–Trinajstić information content (AvgIpc) is 3.25. The van der Waals surface area contributed by atoms with Gasteiger partial charge in [-0.15, -0.1) is 23.1 Å². The molecule has 29 heavy (non-hydrogen) atoms. The maximum Gasteiger partial charge on any atom is 0.115 e. The summed E-state index contributed by atoms with van der Waals surface area (Å²) in [6, 6.07) is 10.8. The van der Waals surface area contributed by atoms with Crippen LogP contribution in [0.15, 0.2) is 47.1 Å². The molecule has 0 fully saturated rings. The molecule has 3 nitrogen and oxygen atoms in total. The highest BCUT2D eigenvalue weighted by atomic mass is 32.2. The Hall–Kier alpha value is -2.16. The third-order valence-electron chi connectivity index (χ3n) is 5.76. The number of hydrogen-bond acceptors (Lipinski definition) is 5. The SMILES string of the molecule is CC(C)(C)[C@@H]1CCc2nc(SCc3ccncc3)c(C#N)c(-c3cccs3)c2C1. The summed E-state index contributed by atoms with van der Waals surface area (Å²) in [6.45, 7) is 6.97. The molecule has 0 aromatic carbocycles. The fourth-order valence-corrected chi connectivity index (χ4v) is 5.77. The Morgan fingerprint density at radius 2 is 2.03 bits per heavy atom. The highest BCUT2D eigenvalue weighted by Gasteiger charge is 2.33. The van der Waals surface area contributed by atoms with Gasteiger partial charge in [-0.2, -0.15) is 5.26 Å². The summed E-state index contributed by atoms with van der Waals surface area (Å²) in [5.41, 5.74) is 5.79. The topological polar surface area (TPSA) is 49.6 Å². The first kappa shape index (κ1) is 20.1. The summed E-state index contributed by atoms with van der Waals surface area (Å²) in [6.07, 6.45) is 6.77. The number of thiophene rings is 1. The van der Waals surface area contributed by atoms with E-state index in [2.05, 4.69) is 49.3 Å². The van der Waals surface area contributed by atoms with Crippen LogP contribution >= 0.6 is 23.1 Å². The molecule has 3 aromatic heterocycles. The normalized spacial score (nSPS) is 16.3. The third kappa shape index (κ3) is 4.24. The predicted molar refractivity (Wildman–Crippen MR) is 121 cm³/mol. The number of aryl methyl sites for hydroxylation is 1. The molecular weight excluding hydrogens is 394 g/mol. The van der Waals surface area contributed by atoms with Crippen molar-refractivity contribution in [3.63, 3.8) is 0 Å². The van der Waals surface area contributed by atoms with Gasteiger partial charge in [0.05, 0.1) is 5.56 Å². The number of pyridine rings is 2. The number of aromatic nitrogens is 2. The molecule has 1 aliphatic rings. The maximum atomic E-state index is 10.1. The second-order valence-corrected chi connectivity index (χ2v) is 10.5. The molecule has 0 aliphatic heterocycles. The van der Waals surface area contributed by atoms with Crippen LogP contribution in [0.4, 0.5) is 0 Å². The molecule has 5 heteroatoms. The van der Waals surface area contributed by atoms with Gasteiger partial charge >= 0.3 is 0 Å². The molecule has 0 N–H and O–H groups in total. The number of nitrogens with zero attached hydrogens (tertiary/aromatic N) is 3. The van der Waals surface area contributed by atoms with Gasteiger partial charge in [0.15, 0.2) is 0 Å². The van der Waals surface area contributed by atoms with Gasteiger partial charge in [0, 0.05) is 34.3 Å². The lowest BCUT2D eigenvalue weighted by atomic mass is 9.70. The molecule has 3 aromatic rings. The lowest BCUT2D eigenvalue weighted by molar-refractivity contribution is 0.215. The van der Waals surface area contributed by atoms with E-state index in [4.69, 9.17) is 4.98 Å². The minimum atomic E-state index is 0.256. The Kier molecular flexibility index (Phi) is 5.76. The molecule has 0 radical (unpaired) electrons. The van der Waals surface area contributed by atoms with Crippen LogP contribution in [0.2, 0.25) is 0 Å². The lowest BCUT2D eigenvalue weighted by Crippen LogP contribution is -2.28. The molecule has 0 bridgehead atoms. The van der Waals surface area contributed by atoms with Crippen LogP contribution in [-0.2, 0) is 18.6 Å². The molecule has 0 spiro atoms. The van der Waals surface area contributed by atoms with Crippen LogP contribution in [0.25, 0.3) is 10.4 Å². The first-order valence-corrected chi connectivity index (χ1v) is 11.9. The summed E-state index contributed by atoms with van der Waals surface area (Å²) in [5, 5.41) is 13.1. The quantitative estimate of drug-likeness (QED) is 0.452. The summed E-state index contributed by atoms with van der Waals surface area (Å²) in [4.78, 5) is 10.3. The first-order valence-electron chi connectivity index (χ1n) is 9.99. The second-order valence-electron chi connectivity index (χ2n) is 8.63. The van der Waals surface area contributed by atoms with Gasteiger partial charge in [-0.25, -0.2) is 4.98 Å². The van der Waals surface area contributed by atoms with Crippen molar-refractivity contribution in [1.29, 1.82) is 5.26 Å². The first-order chi connectivity index (χ1) is 14.0. The Bertz CT molecular complexity index is 1030. The minimum absolute atomic E-state index is 0.256. The van der Waals surface area contributed by atoms with Gasteiger partial charge in [-0.05, 0) is 65.3 Å². The van der Waals surface area contributed by atoms with Crippen molar-refractivity contribution >= 4 is 23.1 Å². The smallest absolute Gasteiger partial charge is 0.115 e. The fourth-order valence-electron chi connectivity index (χ4n) is 4.00. The molecule has 0 saturated heterocycles. The van der Waals surface area contributed by atoms with Gasteiger partial charge in [-0.1, -0.05) is 26.8 Å². The van der Waals surface area contributed by atoms with Crippen LogP contribution < -0.4 is 0 Å². The molecule has 0 unspecified atom stereocenters. The zero-order chi connectivity index (χ0) is 20.4. The standard InChI is InChI=1S/C24H25N3S2/c1-24(2,3)17-6-7-20-18(13-17)22(21-5-4-12-28-21)19(14-25)23(27-20)29-15-16-8-10-26-11-9-16/h4-5,8-12,17H,6-7,13,15H2,1-3H3/t17-/m1/s1. The zero-order valence-corrected chi connectivity index (χ0v) is 18.7. The average molecular weight is 420 g/mol. The van der Waals surface area contributed by atoms with E-state index in [9.17, 15) is 5.26 Å². The number of nitriles is 1. The summed E-state index contributed by atoms with van der Waals surface area (Å²) in [5.74, 6) is 1.40. The predicted octanol–water partition coefficient (Wildman–Crippen LogP) is 6.52. The summed E-state index contributed by atoms with van der Waals surface area (Å²) in [7, 11) is 0. The van der Waals surface area contributed by atoms with E-state index in [1.165, 1.54) is 21.7 Å². The van der Waals surface area contributed by atoms with Crippen molar-refractivity contribution in [2.75, 3.05) is 0 Å². The lowest BCUT2D eigenvalue weighted by Gasteiger charge is -2.35. The molecule has 148 valence electrons. The number of fused-ring (bicyclic) bond motifs is 1. The molecule has 4 rings (SSSR count). The monoisotopic (exact) mass is 419 g/mol. The number of rotatable bonds is 4. The Labute approximate surface area is 181 Å². The Morgan fingerprint density at radius 3 is 2.69 bits per heavy atom. The largest absolute Gasteiger partial charge is 0.265 e. The van der Waals surface area contributed by atoms with Gasteiger partial charge in [-0.3, -0.25) is 4.98 Å². The van der Waals surface area contributed by atoms with Crippen LogP contribution in [0, 0.1) is 22.7 Å². The molecular formula is C24H25N3S2. The van der Waals surface area contributed by atoms with Crippen molar-refractivity contribution < 1.29 is 0 Å². The van der Waals surface area contributed by atoms with Crippen LogP contribution in [0.1, 0.15) is 49.6 Å². The van der Waals surface area contributed by atoms with Crippen LogP contribution in [0.5, 0.6) is 0 Å². The van der Waals surface area contributed by atoms with Crippen molar-refractivity contribution in [2.45, 2.75) is 50.8 Å². The summed E-state index contributed by atoms with van der Waals surface area (Å²) < 4.78 is 0. The van der Waals surface area contributed by atoms with Gasteiger partial charge in [0.25, 0.3) is 0 Å². The van der Waals surface area contributed by atoms with Crippen LogP contribution in [0.3, 0.4) is 0 Å². The fraction of sp³-hybridized carbons (Fsp3) is 0.375. The second kappa shape index (κ2) is 8.30. The molecule has 1 atom stereocenters. The zero-order valence-electron chi connectivity index (χ0n) is 17.1. The van der Waals surface area contributed by atoms with Crippen LogP contribution in [-0.4, -0.2) is 9.97 Å². The Morgan fingerprint density at radius 1 is 1.24 bits per heavy atom. The van der Waals surface area contributed by atoms with E-state index >= 15 is 0 Å². The van der Waals surface area contributed by atoms with E-state index in [0.717, 1.165) is 41.2 Å². The van der Waals surface area contributed by atoms with E-state index in [0.29, 0.717) is 5.92 Å². The van der Waals surface area contributed by atoms with E-state index in [1.807, 2.05) is 24.5 Å². The van der Waals surface area contributed by atoms with Gasteiger partial charge < -0.3 is 0 Å². The molecule has 0 amide bonds. The highest BCUT2D eigenvalue weighted by molar-refractivity contribution is 7.98.